The highest BCUT2D eigenvalue weighted by molar-refractivity contribution is 5.81. The van der Waals surface area contributed by atoms with Gasteiger partial charge in [0, 0.05) is 19.7 Å². The van der Waals surface area contributed by atoms with Gasteiger partial charge in [0.05, 0.1) is 12.6 Å². The highest BCUT2D eigenvalue weighted by atomic mass is 16.5. The molecule has 4 heteroatoms. The molecule has 1 atom stereocenters. The van der Waals surface area contributed by atoms with Crippen LogP contribution in [-0.2, 0) is 9.53 Å². The van der Waals surface area contributed by atoms with Crippen LogP contribution in [0.4, 0.5) is 0 Å². The Bertz CT molecular complexity index is 233. The van der Waals surface area contributed by atoms with Gasteiger partial charge in [0.15, 0.2) is 0 Å². The molecule has 0 saturated carbocycles. The van der Waals surface area contributed by atoms with Crippen LogP contribution in [-0.4, -0.2) is 43.2 Å². The van der Waals surface area contributed by atoms with Crippen molar-refractivity contribution in [1.29, 1.82) is 0 Å². The molecular weight excluding hydrogens is 204 g/mol. The second-order valence-corrected chi connectivity index (χ2v) is 5.06. The highest BCUT2D eigenvalue weighted by Gasteiger charge is 2.32. The van der Waals surface area contributed by atoms with Crippen LogP contribution in [0.5, 0.6) is 0 Å². The summed E-state index contributed by atoms with van der Waals surface area (Å²) >= 11 is 0. The van der Waals surface area contributed by atoms with E-state index in [1.165, 1.54) is 0 Å². The molecule has 1 amide bonds. The lowest BCUT2D eigenvalue weighted by molar-refractivity contribution is -0.135. The average Bonchev–Trinajstić information content (AvgIpc) is 2.26. The Morgan fingerprint density at radius 2 is 2.06 bits per heavy atom. The SMILES string of the molecule is CCOCC1(C)CCN(C(=O)[C@H](C)N)CC1. The van der Waals surface area contributed by atoms with Gasteiger partial charge >= 0.3 is 0 Å². The van der Waals surface area contributed by atoms with E-state index in [1.54, 1.807) is 6.92 Å². The molecule has 0 aromatic heterocycles. The first-order valence-corrected chi connectivity index (χ1v) is 6.10. The van der Waals surface area contributed by atoms with Crippen molar-refractivity contribution in [1.82, 2.24) is 4.90 Å². The van der Waals surface area contributed by atoms with Gasteiger partial charge in [-0.15, -0.1) is 0 Å². The first-order valence-electron chi connectivity index (χ1n) is 6.10. The second kappa shape index (κ2) is 5.64. The van der Waals surface area contributed by atoms with E-state index in [9.17, 15) is 4.79 Å². The third-order valence-corrected chi connectivity index (χ3v) is 3.33. The zero-order valence-corrected chi connectivity index (χ0v) is 10.7. The number of amides is 1. The number of likely N-dealkylation sites (tertiary alicyclic amines) is 1. The third-order valence-electron chi connectivity index (χ3n) is 3.33. The monoisotopic (exact) mass is 228 g/mol. The van der Waals surface area contributed by atoms with Crippen molar-refractivity contribution < 1.29 is 9.53 Å². The molecular formula is C12H24N2O2. The largest absolute Gasteiger partial charge is 0.381 e. The summed E-state index contributed by atoms with van der Waals surface area (Å²) in [5, 5.41) is 0. The molecule has 94 valence electrons. The van der Waals surface area contributed by atoms with Crippen molar-refractivity contribution in [2.45, 2.75) is 39.7 Å². The van der Waals surface area contributed by atoms with Crippen LogP contribution in [0.1, 0.15) is 33.6 Å². The fraction of sp³-hybridized carbons (Fsp3) is 0.917. The van der Waals surface area contributed by atoms with E-state index in [0.717, 1.165) is 39.1 Å². The molecule has 16 heavy (non-hydrogen) atoms. The average molecular weight is 228 g/mol. The fourth-order valence-corrected chi connectivity index (χ4v) is 2.05. The third kappa shape index (κ3) is 3.46. The Morgan fingerprint density at radius 1 is 1.50 bits per heavy atom. The van der Waals surface area contributed by atoms with Gasteiger partial charge in [-0.05, 0) is 32.1 Å². The zero-order valence-electron chi connectivity index (χ0n) is 10.7. The maximum Gasteiger partial charge on any atom is 0.239 e. The number of nitrogens with two attached hydrogens (primary N) is 1. The highest BCUT2D eigenvalue weighted by Crippen LogP contribution is 2.31. The molecule has 0 aromatic rings. The molecule has 1 aliphatic heterocycles. The maximum atomic E-state index is 11.7. The van der Waals surface area contributed by atoms with Crippen LogP contribution in [0.3, 0.4) is 0 Å². The second-order valence-electron chi connectivity index (χ2n) is 5.06. The summed E-state index contributed by atoms with van der Waals surface area (Å²) in [5.41, 5.74) is 5.83. The van der Waals surface area contributed by atoms with E-state index in [2.05, 4.69) is 6.92 Å². The zero-order chi connectivity index (χ0) is 12.2. The summed E-state index contributed by atoms with van der Waals surface area (Å²) in [4.78, 5) is 13.6. The lowest BCUT2D eigenvalue weighted by Crippen LogP contribution is -2.48. The van der Waals surface area contributed by atoms with Crippen LogP contribution < -0.4 is 5.73 Å². The van der Waals surface area contributed by atoms with Gasteiger partial charge in [-0.2, -0.15) is 0 Å². The van der Waals surface area contributed by atoms with E-state index in [1.807, 2.05) is 11.8 Å². The van der Waals surface area contributed by atoms with Crippen LogP contribution in [0.2, 0.25) is 0 Å². The van der Waals surface area contributed by atoms with E-state index >= 15 is 0 Å². The quantitative estimate of drug-likeness (QED) is 0.781. The van der Waals surface area contributed by atoms with Crippen molar-refractivity contribution in [2.24, 2.45) is 11.1 Å². The molecule has 1 aliphatic rings. The van der Waals surface area contributed by atoms with Gasteiger partial charge in [-0.25, -0.2) is 0 Å². The molecule has 1 fully saturated rings. The molecule has 1 rings (SSSR count). The van der Waals surface area contributed by atoms with Gasteiger partial charge in [0.25, 0.3) is 0 Å². The normalized spacial score (nSPS) is 21.9. The summed E-state index contributed by atoms with van der Waals surface area (Å²) in [6, 6.07) is -0.378. The number of hydrogen-bond donors (Lipinski definition) is 1. The van der Waals surface area contributed by atoms with Crippen molar-refractivity contribution in [3.05, 3.63) is 0 Å². The number of hydrogen-bond acceptors (Lipinski definition) is 3. The van der Waals surface area contributed by atoms with Crippen molar-refractivity contribution in [3.63, 3.8) is 0 Å². The van der Waals surface area contributed by atoms with Crippen LogP contribution >= 0.6 is 0 Å². The Kier molecular flexibility index (Phi) is 4.74. The molecule has 0 bridgehead atoms. The smallest absolute Gasteiger partial charge is 0.239 e. The molecule has 1 saturated heterocycles. The van der Waals surface area contributed by atoms with E-state index in [-0.39, 0.29) is 17.4 Å². The van der Waals surface area contributed by atoms with Crippen molar-refractivity contribution in [2.75, 3.05) is 26.3 Å². The van der Waals surface area contributed by atoms with Crippen LogP contribution in [0, 0.1) is 5.41 Å². The molecule has 4 nitrogen and oxygen atoms in total. The minimum Gasteiger partial charge on any atom is -0.381 e. The van der Waals surface area contributed by atoms with Gasteiger partial charge in [-0.1, -0.05) is 6.92 Å². The number of carbonyl (C=O) groups is 1. The van der Waals surface area contributed by atoms with E-state index in [4.69, 9.17) is 10.5 Å². The van der Waals surface area contributed by atoms with Gasteiger partial charge < -0.3 is 15.4 Å². The summed E-state index contributed by atoms with van der Waals surface area (Å²) in [5.74, 6) is 0.0680. The predicted octanol–water partition coefficient (Wildman–Crippen LogP) is 0.999. The minimum atomic E-state index is -0.378. The molecule has 0 radical (unpaired) electrons. The van der Waals surface area contributed by atoms with Crippen molar-refractivity contribution in [3.8, 4) is 0 Å². The van der Waals surface area contributed by atoms with E-state index in [0.29, 0.717) is 0 Å². The Labute approximate surface area is 98.1 Å². The summed E-state index contributed by atoms with van der Waals surface area (Å²) < 4.78 is 5.49. The molecule has 0 spiro atoms. The standard InChI is InChI=1S/C12H24N2O2/c1-4-16-9-12(3)5-7-14(8-6-12)11(15)10(2)13/h10H,4-9,13H2,1-3H3/t10-/m0/s1. The maximum absolute atomic E-state index is 11.7. The fourth-order valence-electron chi connectivity index (χ4n) is 2.05. The van der Waals surface area contributed by atoms with Crippen LogP contribution in [0.15, 0.2) is 0 Å². The van der Waals surface area contributed by atoms with Crippen LogP contribution in [0.25, 0.3) is 0 Å². The summed E-state index contributed by atoms with van der Waals surface area (Å²) in [6.45, 7) is 9.17. The number of piperidine rings is 1. The van der Waals surface area contributed by atoms with E-state index < -0.39 is 0 Å². The lowest BCUT2D eigenvalue weighted by atomic mass is 9.81. The molecule has 0 aromatic carbocycles. The summed E-state index contributed by atoms with van der Waals surface area (Å²) in [7, 11) is 0. The number of ether oxygens (including phenoxy) is 1. The predicted molar refractivity (Wildman–Crippen MR) is 64.1 cm³/mol. The minimum absolute atomic E-state index is 0.0680. The number of carbonyl (C=O) groups excluding carboxylic acids is 1. The van der Waals surface area contributed by atoms with Gasteiger partial charge in [0.2, 0.25) is 5.91 Å². The van der Waals surface area contributed by atoms with Gasteiger partial charge in [-0.3, -0.25) is 4.79 Å². The first kappa shape index (κ1) is 13.5. The Balaban J connectivity index is 2.41. The van der Waals surface area contributed by atoms with Gasteiger partial charge in [0.1, 0.15) is 0 Å². The molecule has 1 heterocycles. The topological polar surface area (TPSA) is 55.6 Å². The summed E-state index contributed by atoms with van der Waals surface area (Å²) in [6.07, 6.45) is 2.01. The Hall–Kier alpha value is -0.610. The van der Waals surface area contributed by atoms with Crippen molar-refractivity contribution >= 4 is 5.91 Å². The number of nitrogens with zero attached hydrogens (tertiary/aromatic N) is 1. The number of rotatable bonds is 4. The molecule has 0 unspecified atom stereocenters. The molecule has 2 N–H and O–H groups in total. The first-order chi connectivity index (χ1) is 7.48. The molecule has 0 aliphatic carbocycles. The Morgan fingerprint density at radius 3 is 2.50 bits per heavy atom. The lowest BCUT2D eigenvalue weighted by Gasteiger charge is -2.39.